The molecule has 1 fully saturated rings. The largest absolute Gasteiger partial charge is 0.329 e. The van der Waals surface area contributed by atoms with E-state index in [1.807, 2.05) is 37.4 Å². The maximum Gasteiger partial charge on any atom is 0.237 e. The van der Waals surface area contributed by atoms with Crippen LogP contribution < -0.4 is 5.32 Å². The van der Waals surface area contributed by atoms with Gasteiger partial charge in [-0.3, -0.25) is 10.1 Å². The van der Waals surface area contributed by atoms with Gasteiger partial charge in [-0.1, -0.05) is 58.0 Å². The number of nitrogens with zero attached hydrogens (tertiary/aromatic N) is 1. The Kier molecular flexibility index (Phi) is 6.75. The lowest BCUT2D eigenvalue weighted by Crippen LogP contribution is -2.44. The first kappa shape index (κ1) is 18.4. The fourth-order valence-electron chi connectivity index (χ4n) is 2.54. The zero-order valence-electron chi connectivity index (χ0n) is 14.3. The molecule has 1 heterocycles. The Bertz CT molecular complexity index is 480. The van der Waals surface area contributed by atoms with Crippen LogP contribution in [0.3, 0.4) is 0 Å². The molecular formula is C18H28N2O2. The molecular weight excluding hydrogens is 276 g/mol. The van der Waals surface area contributed by atoms with Crippen molar-refractivity contribution in [2.24, 2.45) is 5.41 Å². The van der Waals surface area contributed by atoms with Crippen molar-refractivity contribution in [1.82, 2.24) is 10.2 Å². The first-order valence-corrected chi connectivity index (χ1v) is 7.75. The normalized spacial score (nSPS) is 19.4. The highest BCUT2D eigenvalue weighted by Gasteiger charge is 2.35. The van der Waals surface area contributed by atoms with E-state index in [0.29, 0.717) is 18.9 Å². The van der Waals surface area contributed by atoms with Crippen molar-refractivity contribution in [3.8, 4) is 0 Å². The fourth-order valence-corrected chi connectivity index (χ4v) is 2.54. The summed E-state index contributed by atoms with van der Waals surface area (Å²) in [5, 5.41) is 3.17. The molecule has 1 aromatic carbocycles. The molecule has 1 aromatic rings. The molecule has 1 saturated heterocycles. The summed E-state index contributed by atoms with van der Waals surface area (Å²) in [6, 6.07) is 10.1. The quantitative estimate of drug-likeness (QED) is 0.874. The summed E-state index contributed by atoms with van der Waals surface area (Å²) in [7, 11) is 1.85. The van der Waals surface area contributed by atoms with E-state index in [0.717, 1.165) is 6.29 Å². The van der Waals surface area contributed by atoms with Crippen LogP contribution in [0.4, 0.5) is 0 Å². The summed E-state index contributed by atoms with van der Waals surface area (Å²) in [5.41, 5.74) is 1.36. The standard InChI is InChI=1S/C10H12O.C8H16N2O/c1-9(7-8-11)10-5-3-2-4-6-10;1-8(2,3)7-9-5-6(11)10(7)4/h2-6,8-9H,7H2,1H3;7,9H,5H2,1-4H3/t9-;7-/m01/s1. The molecule has 0 saturated carbocycles. The summed E-state index contributed by atoms with van der Waals surface area (Å²) in [6.45, 7) is 8.92. The second kappa shape index (κ2) is 8.08. The summed E-state index contributed by atoms with van der Waals surface area (Å²) in [4.78, 5) is 23.1. The van der Waals surface area contributed by atoms with Gasteiger partial charge >= 0.3 is 0 Å². The Morgan fingerprint density at radius 1 is 1.32 bits per heavy atom. The Labute approximate surface area is 133 Å². The average Bonchev–Trinajstić information content (AvgIpc) is 2.81. The zero-order valence-corrected chi connectivity index (χ0v) is 14.3. The minimum atomic E-state index is 0.126. The van der Waals surface area contributed by atoms with Crippen molar-refractivity contribution < 1.29 is 9.59 Å². The van der Waals surface area contributed by atoms with Crippen LogP contribution in [0.1, 0.15) is 45.6 Å². The van der Waals surface area contributed by atoms with Crippen molar-refractivity contribution in [3.63, 3.8) is 0 Å². The number of aldehydes is 1. The summed E-state index contributed by atoms with van der Waals surface area (Å²) in [6.07, 6.45) is 1.77. The SMILES string of the molecule is CN1C(=O)CN[C@H]1C(C)(C)C.C[C@@H](CC=O)c1ccccc1. The van der Waals surface area contributed by atoms with Gasteiger partial charge in [0, 0.05) is 13.5 Å². The fraction of sp³-hybridized carbons (Fsp3) is 0.556. The van der Waals surface area contributed by atoms with Crippen molar-refractivity contribution >= 4 is 12.2 Å². The van der Waals surface area contributed by atoms with Gasteiger partial charge in [-0.25, -0.2) is 0 Å². The third kappa shape index (κ3) is 5.26. The second-order valence-corrected chi connectivity index (χ2v) is 6.87. The molecule has 0 bridgehead atoms. The van der Waals surface area contributed by atoms with E-state index in [1.54, 1.807) is 4.90 Å². The Morgan fingerprint density at radius 2 is 1.91 bits per heavy atom. The summed E-state index contributed by atoms with van der Waals surface area (Å²) < 4.78 is 0. The number of hydrogen-bond donors (Lipinski definition) is 1. The first-order valence-electron chi connectivity index (χ1n) is 7.75. The molecule has 1 aliphatic heterocycles. The number of carbonyl (C=O) groups is 2. The molecule has 0 radical (unpaired) electrons. The number of hydrogen-bond acceptors (Lipinski definition) is 3. The van der Waals surface area contributed by atoms with Crippen LogP contribution in [-0.4, -0.2) is 36.9 Å². The molecule has 1 aliphatic rings. The molecule has 2 rings (SSSR count). The molecule has 0 aliphatic carbocycles. The minimum absolute atomic E-state index is 0.126. The van der Waals surface area contributed by atoms with Crippen molar-refractivity contribution in [2.45, 2.75) is 46.2 Å². The lowest BCUT2D eigenvalue weighted by molar-refractivity contribution is -0.127. The van der Waals surface area contributed by atoms with Crippen LogP contribution >= 0.6 is 0 Å². The maximum absolute atomic E-state index is 11.1. The molecule has 4 nitrogen and oxygen atoms in total. The van der Waals surface area contributed by atoms with Gasteiger partial charge in [-0.05, 0) is 16.9 Å². The van der Waals surface area contributed by atoms with E-state index in [-0.39, 0.29) is 17.5 Å². The number of nitrogens with one attached hydrogen (secondary N) is 1. The molecule has 0 spiro atoms. The third-order valence-corrected chi connectivity index (χ3v) is 3.87. The van der Waals surface area contributed by atoms with Crippen molar-refractivity contribution in [2.75, 3.05) is 13.6 Å². The lowest BCUT2D eigenvalue weighted by Gasteiger charge is -2.32. The van der Waals surface area contributed by atoms with Crippen LogP contribution in [0.2, 0.25) is 0 Å². The van der Waals surface area contributed by atoms with Gasteiger partial charge in [0.1, 0.15) is 6.29 Å². The highest BCUT2D eigenvalue weighted by atomic mass is 16.2. The van der Waals surface area contributed by atoms with Gasteiger partial charge in [0.2, 0.25) is 5.91 Å². The number of rotatable bonds is 3. The summed E-state index contributed by atoms with van der Waals surface area (Å²) >= 11 is 0. The molecule has 4 heteroatoms. The summed E-state index contributed by atoms with van der Waals surface area (Å²) in [5.74, 6) is 0.540. The lowest BCUT2D eigenvalue weighted by atomic mass is 9.92. The van der Waals surface area contributed by atoms with Crippen molar-refractivity contribution in [1.29, 1.82) is 0 Å². The smallest absolute Gasteiger partial charge is 0.237 e. The average molecular weight is 304 g/mol. The van der Waals surface area contributed by atoms with Gasteiger partial charge in [0.15, 0.2) is 0 Å². The van der Waals surface area contributed by atoms with Gasteiger partial charge < -0.3 is 9.69 Å². The van der Waals surface area contributed by atoms with E-state index in [4.69, 9.17) is 0 Å². The van der Waals surface area contributed by atoms with E-state index >= 15 is 0 Å². The molecule has 1 N–H and O–H groups in total. The molecule has 122 valence electrons. The molecule has 0 aromatic heterocycles. The van der Waals surface area contributed by atoms with E-state index < -0.39 is 0 Å². The van der Waals surface area contributed by atoms with E-state index in [1.165, 1.54) is 5.56 Å². The molecule has 1 amide bonds. The molecule has 22 heavy (non-hydrogen) atoms. The van der Waals surface area contributed by atoms with Gasteiger partial charge in [0.25, 0.3) is 0 Å². The van der Waals surface area contributed by atoms with Crippen LogP contribution in [-0.2, 0) is 9.59 Å². The Morgan fingerprint density at radius 3 is 2.27 bits per heavy atom. The minimum Gasteiger partial charge on any atom is -0.329 e. The van der Waals surface area contributed by atoms with Gasteiger partial charge in [-0.15, -0.1) is 0 Å². The number of carbonyl (C=O) groups excluding carboxylic acids is 2. The highest BCUT2D eigenvalue weighted by molar-refractivity contribution is 5.80. The van der Waals surface area contributed by atoms with Gasteiger partial charge in [-0.2, -0.15) is 0 Å². The second-order valence-electron chi connectivity index (χ2n) is 6.87. The van der Waals surface area contributed by atoms with Crippen molar-refractivity contribution in [3.05, 3.63) is 35.9 Å². The number of benzene rings is 1. The maximum atomic E-state index is 11.1. The number of amides is 1. The van der Waals surface area contributed by atoms with E-state index in [9.17, 15) is 9.59 Å². The van der Waals surface area contributed by atoms with Gasteiger partial charge in [0.05, 0.1) is 12.7 Å². The topological polar surface area (TPSA) is 49.4 Å². The first-order chi connectivity index (χ1) is 10.3. The zero-order chi connectivity index (χ0) is 16.8. The third-order valence-electron chi connectivity index (χ3n) is 3.87. The predicted octanol–water partition coefficient (Wildman–Crippen LogP) is 2.80. The Hall–Kier alpha value is -1.68. The van der Waals surface area contributed by atoms with Crippen LogP contribution in [0.15, 0.2) is 30.3 Å². The monoisotopic (exact) mass is 304 g/mol. The van der Waals surface area contributed by atoms with E-state index in [2.05, 4.69) is 33.0 Å². The highest BCUT2D eigenvalue weighted by Crippen LogP contribution is 2.23. The van der Waals surface area contributed by atoms with Crippen LogP contribution in [0.5, 0.6) is 0 Å². The van der Waals surface area contributed by atoms with Crippen LogP contribution in [0, 0.1) is 5.41 Å². The number of likely N-dealkylation sites (N-methyl/N-ethyl adjacent to an activating group) is 1. The molecule has 2 atom stereocenters. The van der Waals surface area contributed by atoms with Crippen LogP contribution in [0.25, 0.3) is 0 Å². The Balaban J connectivity index is 0.000000220. The predicted molar refractivity (Wildman–Crippen MR) is 89.6 cm³/mol. The molecule has 0 unspecified atom stereocenters.